The zero-order valence-corrected chi connectivity index (χ0v) is 15.7. The Kier molecular flexibility index (Phi) is 7.30. The maximum Gasteiger partial charge on any atom is 0.339 e. The fourth-order valence-corrected chi connectivity index (χ4v) is 2.90. The molecule has 0 fully saturated rings. The molecule has 0 aliphatic heterocycles. The van der Waals surface area contributed by atoms with Crippen molar-refractivity contribution in [1.82, 2.24) is 0 Å². The van der Waals surface area contributed by atoms with Gasteiger partial charge in [-0.25, -0.2) is 19.2 Å². The molecule has 1 aromatic carbocycles. The summed E-state index contributed by atoms with van der Waals surface area (Å²) < 4.78 is 19.1. The third kappa shape index (κ3) is 3.54. The van der Waals surface area contributed by atoms with E-state index in [1.54, 1.807) is 13.8 Å². The number of hydrogen-bond donors (Lipinski definition) is 0. The lowest BCUT2D eigenvalue weighted by molar-refractivity contribution is 0.0520. The van der Waals surface area contributed by atoms with Gasteiger partial charge >= 0.3 is 23.9 Å². The highest BCUT2D eigenvalue weighted by Crippen LogP contribution is 2.32. The van der Waals surface area contributed by atoms with Crippen LogP contribution in [-0.4, -0.2) is 52.3 Å². The molecule has 0 atom stereocenters. The van der Waals surface area contributed by atoms with Crippen LogP contribution in [0.25, 0.3) is 0 Å². The summed E-state index contributed by atoms with van der Waals surface area (Å²) in [6.45, 7) is 3.50. The quantitative estimate of drug-likeness (QED) is 0.556. The molecule has 0 radical (unpaired) electrons. The number of esters is 4. The molecule has 1 rings (SSSR count). The van der Waals surface area contributed by atoms with Gasteiger partial charge in [0, 0.05) is 0 Å². The van der Waals surface area contributed by atoms with E-state index in [-0.39, 0.29) is 22.3 Å². The van der Waals surface area contributed by atoms with E-state index in [4.69, 9.17) is 18.9 Å². The van der Waals surface area contributed by atoms with Crippen LogP contribution in [0.4, 0.5) is 0 Å². The van der Waals surface area contributed by atoms with E-state index in [1.807, 2.05) is 0 Å². The minimum absolute atomic E-state index is 0.119. The molecule has 0 aliphatic rings. The van der Waals surface area contributed by atoms with Crippen LogP contribution in [0.5, 0.6) is 0 Å². The van der Waals surface area contributed by atoms with Gasteiger partial charge < -0.3 is 18.9 Å². The lowest BCUT2D eigenvalue weighted by Gasteiger charge is -2.21. The Bertz CT molecular complexity index is 685. The highest BCUT2D eigenvalue weighted by Gasteiger charge is 2.36. The molecule has 0 amide bonds. The van der Waals surface area contributed by atoms with Crippen LogP contribution in [0.15, 0.2) is 0 Å². The van der Waals surface area contributed by atoms with E-state index in [9.17, 15) is 19.2 Å². The first-order valence-electron chi connectivity index (χ1n) is 7.89. The molecule has 0 aromatic heterocycles. The van der Waals surface area contributed by atoms with Gasteiger partial charge in [0.1, 0.15) is 0 Å². The van der Waals surface area contributed by atoms with Crippen molar-refractivity contribution in [3.63, 3.8) is 0 Å². The van der Waals surface area contributed by atoms with E-state index >= 15 is 0 Å². The van der Waals surface area contributed by atoms with Gasteiger partial charge in [-0.1, -0.05) is 13.8 Å². The third-order valence-electron chi connectivity index (χ3n) is 3.98. The largest absolute Gasteiger partial charge is 0.465 e. The summed E-state index contributed by atoms with van der Waals surface area (Å²) >= 11 is 0. The molecule has 0 heterocycles. The van der Waals surface area contributed by atoms with Gasteiger partial charge in [-0.3, -0.25) is 0 Å². The molecule has 0 unspecified atom stereocenters. The van der Waals surface area contributed by atoms with Crippen LogP contribution < -0.4 is 0 Å². The van der Waals surface area contributed by atoms with Crippen LogP contribution in [-0.2, 0) is 31.8 Å². The lowest BCUT2D eigenvalue weighted by Crippen LogP contribution is -2.26. The second-order valence-electron chi connectivity index (χ2n) is 5.13. The fraction of sp³-hybridized carbons (Fsp3) is 0.444. The molecule has 0 aliphatic carbocycles. The van der Waals surface area contributed by atoms with E-state index in [2.05, 4.69) is 0 Å². The maximum atomic E-state index is 12.4. The molecular weight excluding hydrogens is 344 g/mol. The number of carbonyl (C=O) groups excluding carboxylic acids is 4. The summed E-state index contributed by atoms with van der Waals surface area (Å²) in [6.07, 6.45) is 0.617. The van der Waals surface area contributed by atoms with Crippen molar-refractivity contribution >= 4 is 23.9 Å². The van der Waals surface area contributed by atoms with Gasteiger partial charge in [-0.15, -0.1) is 0 Å². The molecular formula is C18H22O8. The van der Waals surface area contributed by atoms with Gasteiger partial charge in [-0.05, 0) is 24.0 Å². The molecule has 8 nitrogen and oxygen atoms in total. The normalized spacial score (nSPS) is 10.1. The fourth-order valence-electron chi connectivity index (χ4n) is 2.90. The summed E-state index contributed by atoms with van der Waals surface area (Å²) in [5, 5.41) is 0. The second kappa shape index (κ2) is 8.98. The van der Waals surface area contributed by atoms with Crippen LogP contribution in [0.1, 0.15) is 66.4 Å². The van der Waals surface area contributed by atoms with Crippen molar-refractivity contribution in [1.29, 1.82) is 0 Å². The van der Waals surface area contributed by atoms with Crippen LogP contribution in [0, 0.1) is 0 Å². The Labute approximate surface area is 151 Å². The monoisotopic (exact) mass is 366 g/mol. The molecule has 0 N–H and O–H groups in total. The van der Waals surface area contributed by atoms with Crippen molar-refractivity contribution < 1.29 is 38.1 Å². The molecule has 0 saturated heterocycles. The number of hydrogen-bond acceptors (Lipinski definition) is 8. The number of carbonyl (C=O) groups is 4. The van der Waals surface area contributed by atoms with Crippen molar-refractivity contribution in [3.8, 4) is 0 Å². The predicted octanol–water partition coefficient (Wildman–Crippen LogP) is 1.96. The topological polar surface area (TPSA) is 105 Å². The average Bonchev–Trinajstić information content (AvgIpc) is 2.68. The Morgan fingerprint density at radius 2 is 0.769 bits per heavy atom. The molecule has 0 saturated carbocycles. The Hall–Kier alpha value is -2.90. The first-order chi connectivity index (χ1) is 12.3. The smallest absolute Gasteiger partial charge is 0.339 e. The molecule has 0 bridgehead atoms. The zero-order valence-electron chi connectivity index (χ0n) is 15.7. The van der Waals surface area contributed by atoms with Crippen LogP contribution in [0.3, 0.4) is 0 Å². The number of ether oxygens (including phenoxy) is 4. The summed E-state index contributed by atoms with van der Waals surface area (Å²) in [6, 6.07) is 0. The van der Waals surface area contributed by atoms with Crippen molar-refractivity contribution in [2.24, 2.45) is 0 Å². The molecule has 142 valence electrons. The zero-order chi connectivity index (χ0) is 20.0. The Morgan fingerprint density at radius 3 is 0.962 bits per heavy atom. The van der Waals surface area contributed by atoms with Gasteiger partial charge in [0.15, 0.2) is 0 Å². The van der Waals surface area contributed by atoms with Gasteiger partial charge in [0.2, 0.25) is 0 Å². The Morgan fingerprint density at radius 1 is 0.538 bits per heavy atom. The van der Waals surface area contributed by atoms with E-state index in [0.717, 1.165) is 28.4 Å². The minimum Gasteiger partial charge on any atom is -0.465 e. The maximum absolute atomic E-state index is 12.4. The van der Waals surface area contributed by atoms with Crippen LogP contribution in [0.2, 0.25) is 0 Å². The van der Waals surface area contributed by atoms with Gasteiger partial charge in [0.25, 0.3) is 0 Å². The predicted molar refractivity (Wildman–Crippen MR) is 90.6 cm³/mol. The van der Waals surface area contributed by atoms with E-state index in [1.165, 1.54) is 0 Å². The lowest BCUT2D eigenvalue weighted by atomic mass is 9.84. The SMILES string of the molecule is CCc1c(CC)c(C(=O)OC)c(C(=O)OC)c(C(=O)OC)c1C(=O)OC. The van der Waals surface area contributed by atoms with Gasteiger partial charge in [-0.2, -0.15) is 0 Å². The average molecular weight is 366 g/mol. The molecule has 26 heavy (non-hydrogen) atoms. The first-order valence-corrected chi connectivity index (χ1v) is 7.89. The second-order valence-corrected chi connectivity index (χ2v) is 5.13. The first kappa shape index (κ1) is 21.1. The summed E-state index contributed by atoms with van der Waals surface area (Å²) in [7, 11) is 4.50. The molecule has 8 heteroatoms. The number of rotatable bonds is 6. The molecule has 1 aromatic rings. The van der Waals surface area contributed by atoms with Crippen molar-refractivity contribution in [2.45, 2.75) is 26.7 Å². The summed E-state index contributed by atoms with van der Waals surface area (Å²) in [4.78, 5) is 49.7. The highest BCUT2D eigenvalue weighted by molar-refractivity contribution is 6.16. The highest BCUT2D eigenvalue weighted by atomic mass is 16.5. The number of benzene rings is 1. The van der Waals surface area contributed by atoms with E-state index < -0.39 is 23.9 Å². The van der Waals surface area contributed by atoms with E-state index in [0.29, 0.717) is 24.0 Å². The minimum atomic E-state index is -0.965. The standard InChI is InChI=1S/C18H22O8/c1-7-9-10(8-2)12(16(20)24-4)14(18(22)26-6)13(17(21)25-5)11(9)15(19)23-3/h7-8H2,1-6H3. The van der Waals surface area contributed by atoms with Crippen molar-refractivity contribution in [2.75, 3.05) is 28.4 Å². The summed E-state index contributed by atoms with van der Waals surface area (Å²) in [5.41, 5.74) is -0.166. The van der Waals surface area contributed by atoms with Crippen molar-refractivity contribution in [3.05, 3.63) is 33.4 Å². The van der Waals surface area contributed by atoms with Crippen LogP contribution >= 0.6 is 0 Å². The number of methoxy groups -OCH3 is 4. The third-order valence-corrected chi connectivity index (χ3v) is 3.98. The summed E-state index contributed by atoms with van der Waals surface area (Å²) in [5.74, 6) is -3.57. The Balaban J connectivity index is 4.29. The van der Waals surface area contributed by atoms with Gasteiger partial charge in [0.05, 0.1) is 50.7 Å². The molecule has 0 spiro atoms.